The summed E-state index contributed by atoms with van der Waals surface area (Å²) in [7, 11) is -2.07. The molecule has 0 saturated heterocycles. The molecule has 10 heteroatoms. The summed E-state index contributed by atoms with van der Waals surface area (Å²) in [6.45, 7) is 3.84. The number of carbonyl (C=O) groups is 2. The van der Waals surface area contributed by atoms with Crippen LogP contribution >= 0.6 is 11.3 Å². The number of nitrogens with zero attached hydrogens (tertiary/aromatic N) is 2. The standard InChI is InChI=1S/C21H22N2O6S2/c1-4-29-15-8-11-17-18(12-15)30-21(23(17)13-19(24)28-3)22-20(25)14-6-9-16(10-7-14)31(26,27)5-2/h6-12H,4-5,13H2,1-3H3. The Bertz CT molecular complexity index is 1290. The highest BCUT2D eigenvalue weighted by molar-refractivity contribution is 7.91. The van der Waals surface area contributed by atoms with Gasteiger partial charge in [-0.1, -0.05) is 18.3 Å². The summed E-state index contributed by atoms with van der Waals surface area (Å²) >= 11 is 1.24. The normalized spacial score (nSPS) is 12.2. The topological polar surface area (TPSA) is 104 Å². The van der Waals surface area contributed by atoms with E-state index in [-0.39, 0.29) is 22.8 Å². The van der Waals surface area contributed by atoms with Crippen LogP contribution in [0.5, 0.6) is 5.75 Å². The molecule has 1 aromatic heterocycles. The van der Waals surface area contributed by atoms with Gasteiger partial charge < -0.3 is 14.0 Å². The van der Waals surface area contributed by atoms with E-state index >= 15 is 0 Å². The molecule has 0 fully saturated rings. The smallest absolute Gasteiger partial charge is 0.325 e. The lowest BCUT2D eigenvalue weighted by Gasteiger charge is -2.05. The largest absolute Gasteiger partial charge is 0.494 e. The summed E-state index contributed by atoms with van der Waals surface area (Å²) in [6, 6.07) is 11.1. The van der Waals surface area contributed by atoms with Crippen LogP contribution < -0.4 is 9.54 Å². The minimum atomic E-state index is -3.36. The molecule has 0 bridgehead atoms. The predicted octanol–water partition coefficient (Wildman–Crippen LogP) is 2.81. The van der Waals surface area contributed by atoms with Gasteiger partial charge in [0.1, 0.15) is 12.3 Å². The Balaban J connectivity index is 2.05. The van der Waals surface area contributed by atoms with E-state index in [4.69, 9.17) is 9.47 Å². The zero-order valence-electron chi connectivity index (χ0n) is 17.3. The van der Waals surface area contributed by atoms with Crippen molar-refractivity contribution >= 4 is 43.3 Å². The monoisotopic (exact) mass is 462 g/mol. The Kier molecular flexibility index (Phi) is 6.91. The first kappa shape index (κ1) is 22.7. The maximum Gasteiger partial charge on any atom is 0.325 e. The molecule has 3 rings (SSSR count). The Morgan fingerprint density at radius 3 is 2.42 bits per heavy atom. The Morgan fingerprint density at radius 2 is 1.81 bits per heavy atom. The number of amides is 1. The molecule has 0 aliphatic heterocycles. The number of benzene rings is 2. The average Bonchev–Trinajstić information content (AvgIpc) is 3.09. The van der Waals surface area contributed by atoms with Crippen LogP contribution in [0.15, 0.2) is 52.4 Å². The number of methoxy groups -OCH3 is 1. The van der Waals surface area contributed by atoms with E-state index in [1.807, 2.05) is 13.0 Å². The zero-order valence-corrected chi connectivity index (χ0v) is 19.0. The summed E-state index contributed by atoms with van der Waals surface area (Å²) in [5.74, 6) is -0.372. The van der Waals surface area contributed by atoms with Gasteiger partial charge >= 0.3 is 5.97 Å². The van der Waals surface area contributed by atoms with E-state index in [9.17, 15) is 18.0 Å². The van der Waals surface area contributed by atoms with Gasteiger partial charge in [0.25, 0.3) is 5.91 Å². The third-order valence-electron chi connectivity index (χ3n) is 4.52. The molecule has 0 aliphatic rings. The van der Waals surface area contributed by atoms with Crippen LogP contribution in [-0.4, -0.2) is 44.3 Å². The van der Waals surface area contributed by atoms with Gasteiger partial charge in [-0.05, 0) is 49.4 Å². The first-order valence-corrected chi connectivity index (χ1v) is 12.0. The molecular formula is C21H22N2O6S2. The molecule has 0 radical (unpaired) electrons. The van der Waals surface area contributed by atoms with Crippen LogP contribution in [0.1, 0.15) is 24.2 Å². The molecule has 0 saturated carbocycles. The highest BCUT2D eigenvalue weighted by atomic mass is 32.2. The molecule has 8 nitrogen and oxygen atoms in total. The van der Waals surface area contributed by atoms with Crippen molar-refractivity contribution in [1.82, 2.24) is 4.57 Å². The number of hydrogen-bond donors (Lipinski definition) is 0. The molecule has 164 valence electrons. The summed E-state index contributed by atoms with van der Waals surface area (Å²) < 4.78 is 36.6. The van der Waals surface area contributed by atoms with Crippen LogP contribution in [0.4, 0.5) is 0 Å². The van der Waals surface area contributed by atoms with Crippen LogP contribution in [0, 0.1) is 0 Å². The molecule has 1 amide bonds. The van der Waals surface area contributed by atoms with Gasteiger partial charge in [0.15, 0.2) is 14.6 Å². The van der Waals surface area contributed by atoms with Crippen LogP contribution in [0.25, 0.3) is 10.2 Å². The van der Waals surface area contributed by atoms with Crippen molar-refractivity contribution in [2.75, 3.05) is 19.5 Å². The van der Waals surface area contributed by atoms with Crippen molar-refractivity contribution in [3.8, 4) is 5.75 Å². The first-order valence-electron chi connectivity index (χ1n) is 9.54. The van der Waals surface area contributed by atoms with Gasteiger partial charge in [-0.2, -0.15) is 4.99 Å². The van der Waals surface area contributed by atoms with Crippen molar-refractivity contribution in [3.05, 3.63) is 52.8 Å². The van der Waals surface area contributed by atoms with Gasteiger partial charge in [-0.3, -0.25) is 9.59 Å². The zero-order chi connectivity index (χ0) is 22.6. The predicted molar refractivity (Wildman–Crippen MR) is 117 cm³/mol. The number of esters is 1. The maximum atomic E-state index is 12.7. The van der Waals surface area contributed by atoms with E-state index in [0.29, 0.717) is 17.2 Å². The SMILES string of the molecule is CCOc1ccc2c(c1)sc(=NC(=O)c1ccc(S(=O)(=O)CC)cc1)n2CC(=O)OC. The molecule has 0 unspecified atom stereocenters. The summed E-state index contributed by atoms with van der Waals surface area (Å²) in [5, 5.41) is 0. The highest BCUT2D eigenvalue weighted by Gasteiger charge is 2.15. The van der Waals surface area contributed by atoms with Crippen molar-refractivity contribution in [2.45, 2.75) is 25.3 Å². The lowest BCUT2D eigenvalue weighted by molar-refractivity contribution is -0.141. The quantitative estimate of drug-likeness (QED) is 0.500. The summed E-state index contributed by atoms with van der Waals surface area (Å²) in [4.78, 5) is 29.3. The fourth-order valence-corrected chi connectivity index (χ4v) is 4.81. The summed E-state index contributed by atoms with van der Waals surface area (Å²) in [6.07, 6.45) is 0. The first-order chi connectivity index (χ1) is 14.8. The highest BCUT2D eigenvalue weighted by Crippen LogP contribution is 2.24. The lowest BCUT2D eigenvalue weighted by Crippen LogP contribution is -2.22. The van der Waals surface area contributed by atoms with E-state index in [0.717, 1.165) is 10.2 Å². The number of hydrogen-bond acceptors (Lipinski definition) is 7. The van der Waals surface area contributed by atoms with Crippen LogP contribution in [-0.2, 0) is 25.9 Å². The molecule has 2 aromatic carbocycles. The molecule has 0 N–H and O–H groups in total. The molecule has 3 aromatic rings. The van der Waals surface area contributed by atoms with E-state index < -0.39 is 21.7 Å². The molecule has 31 heavy (non-hydrogen) atoms. The van der Waals surface area contributed by atoms with Gasteiger partial charge in [0.2, 0.25) is 0 Å². The molecular weight excluding hydrogens is 440 g/mol. The van der Waals surface area contributed by atoms with Gasteiger partial charge in [-0.25, -0.2) is 8.42 Å². The van der Waals surface area contributed by atoms with Crippen molar-refractivity contribution in [2.24, 2.45) is 4.99 Å². The number of thiazole rings is 1. The van der Waals surface area contributed by atoms with Crippen molar-refractivity contribution in [1.29, 1.82) is 0 Å². The van der Waals surface area contributed by atoms with Crippen LogP contribution in [0.3, 0.4) is 0 Å². The van der Waals surface area contributed by atoms with E-state index in [1.54, 1.807) is 23.6 Å². The van der Waals surface area contributed by atoms with E-state index in [1.165, 1.54) is 42.7 Å². The third-order valence-corrected chi connectivity index (χ3v) is 7.31. The van der Waals surface area contributed by atoms with Crippen LogP contribution in [0.2, 0.25) is 0 Å². The minimum absolute atomic E-state index is 0.0241. The summed E-state index contributed by atoms with van der Waals surface area (Å²) in [5.41, 5.74) is 0.960. The average molecular weight is 463 g/mol. The second-order valence-electron chi connectivity index (χ2n) is 6.45. The third kappa shape index (κ3) is 5.02. The van der Waals surface area contributed by atoms with Crippen molar-refractivity contribution in [3.63, 3.8) is 0 Å². The maximum absolute atomic E-state index is 12.7. The fourth-order valence-electron chi connectivity index (χ4n) is 2.86. The number of fused-ring (bicyclic) bond motifs is 1. The molecule has 1 heterocycles. The van der Waals surface area contributed by atoms with Gasteiger partial charge in [0.05, 0.1) is 34.6 Å². The lowest BCUT2D eigenvalue weighted by atomic mass is 10.2. The number of carbonyl (C=O) groups excluding carboxylic acids is 2. The van der Waals surface area contributed by atoms with Gasteiger partial charge in [-0.15, -0.1) is 0 Å². The molecule has 0 aliphatic carbocycles. The second-order valence-corrected chi connectivity index (χ2v) is 9.74. The number of rotatable bonds is 7. The fraction of sp³-hybridized carbons (Fsp3) is 0.286. The Labute approximate surface area is 183 Å². The Hall–Kier alpha value is -2.98. The second kappa shape index (κ2) is 9.44. The van der Waals surface area contributed by atoms with Gasteiger partial charge in [0, 0.05) is 5.56 Å². The minimum Gasteiger partial charge on any atom is -0.494 e. The van der Waals surface area contributed by atoms with E-state index in [2.05, 4.69) is 4.99 Å². The molecule has 0 spiro atoms. The number of sulfone groups is 1. The Morgan fingerprint density at radius 1 is 1.10 bits per heavy atom. The number of ether oxygens (including phenoxy) is 2. The number of aromatic nitrogens is 1. The molecule has 0 atom stereocenters. The van der Waals surface area contributed by atoms with Crippen molar-refractivity contribution < 1.29 is 27.5 Å².